The molecule has 1 aromatic carbocycles. The number of benzene rings is 1. The zero-order chi connectivity index (χ0) is 13.7. The van der Waals surface area contributed by atoms with Crippen molar-refractivity contribution in [1.82, 2.24) is 19.3 Å². The lowest BCUT2D eigenvalue weighted by Gasteiger charge is -2.05. The van der Waals surface area contributed by atoms with Gasteiger partial charge in [-0.05, 0) is 24.3 Å². The molecule has 6 nitrogen and oxygen atoms in total. The van der Waals surface area contributed by atoms with E-state index in [-0.39, 0.29) is 5.69 Å². The molecule has 3 heterocycles. The maximum absolute atomic E-state index is 12.0. The molecule has 100 valence electrons. The Morgan fingerprint density at radius 2 is 2.05 bits per heavy atom. The highest BCUT2D eigenvalue weighted by molar-refractivity contribution is 6.30. The van der Waals surface area contributed by atoms with E-state index in [9.17, 15) is 4.79 Å². The number of nitrogens with one attached hydrogen (secondary N) is 1. The van der Waals surface area contributed by atoms with Gasteiger partial charge < -0.3 is 5.32 Å². The number of rotatable bonds is 1. The monoisotopic (exact) mass is 287 g/mol. The third kappa shape index (κ3) is 1.55. The van der Waals surface area contributed by atoms with Crippen molar-refractivity contribution in [2.45, 2.75) is 6.54 Å². The summed E-state index contributed by atoms with van der Waals surface area (Å²) >= 11 is 5.88. The topological polar surface area (TPSA) is 64.7 Å². The van der Waals surface area contributed by atoms with Crippen molar-refractivity contribution in [1.29, 1.82) is 0 Å². The van der Waals surface area contributed by atoms with E-state index >= 15 is 0 Å². The van der Waals surface area contributed by atoms with Crippen LogP contribution in [0.15, 0.2) is 35.3 Å². The maximum Gasteiger partial charge on any atom is 0.351 e. The fourth-order valence-electron chi connectivity index (χ4n) is 2.46. The van der Waals surface area contributed by atoms with Crippen LogP contribution in [-0.2, 0) is 6.54 Å². The predicted octanol–water partition coefficient (Wildman–Crippen LogP) is 1.66. The number of nitrogens with zero attached hydrogens (tertiary/aromatic N) is 4. The Labute approximate surface area is 118 Å². The minimum Gasteiger partial charge on any atom is -0.369 e. The Morgan fingerprint density at radius 3 is 2.85 bits per heavy atom. The first kappa shape index (κ1) is 11.5. The third-order valence-corrected chi connectivity index (χ3v) is 3.65. The van der Waals surface area contributed by atoms with Gasteiger partial charge in [-0.3, -0.25) is 4.57 Å². The van der Waals surface area contributed by atoms with Gasteiger partial charge in [-0.2, -0.15) is 10.1 Å². The van der Waals surface area contributed by atoms with Crippen LogP contribution in [0.5, 0.6) is 0 Å². The highest BCUT2D eigenvalue weighted by Crippen LogP contribution is 2.24. The van der Waals surface area contributed by atoms with Gasteiger partial charge >= 0.3 is 5.69 Å². The van der Waals surface area contributed by atoms with Gasteiger partial charge in [-0.25, -0.2) is 9.48 Å². The second-order valence-electron chi connectivity index (χ2n) is 4.59. The molecule has 0 saturated heterocycles. The molecule has 1 aliphatic rings. The SMILES string of the molecule is O=c1nc2c(cnn2-c2ccc(Cl)cc2)c2n1CCN2. The van der Waals surface area contributed by atoms with Crippen LogP contribution >= 0.6 is 11.6 Å². The van der Waals surface area contributed by atoms with Crippen molar-refractivity contribution < 1.29 is 0 Å². The van der Waals surface area contributed by atoms with Crippen molar-refractivity contribution >= 4 is 28.5 Å². The predicted molar refractivity (Wildman–Crippen MR) is 76.6 cm³/mol. The fourth-order valence-corrected chi connectivity index (χ4v) is 2.59. The molecular weight excluding hydrogens is 278 g/mol. The van der Waals surface area contributed by atoms with E-state index < -0.39 is 0 Å². The Balaban J connectivity index is 2.01. The van der Waals surface area contributed by atoms with Crippen molar-refractivity contribution in [3.63, 3.8) is 0 Å². The standard InChI is InChI=1S/C13H10ClN5O/c14-8-1-3-9(4-2-8)19-12-10(7-16-19)11-15-5-6-18(11)13(20)17-12/h1-4,7,15H,5-6H2. The van der Waals surface area contributed by atoms with Gasteiger partial charge in [0.05, 0.1) is 17.3 Å². The Hall–Kier alpha value is -2.34. The van der Waals surface area contributed by atoms with Gasteiger partial charge in [0, 0.05) is 18.1 Å². The molecule has 0 fully saturated rings. The highest BCUT2D eigenvalue weighted by atomic mass is 35.5. The molecule has 0 saturated carbocycles. The molecule has 0 unspecified atom stereocenters. The molecule has 20 heavy (non-hydrogen) atoms. The zero-order valence-electron chi connectivity index (χ0n) is 10.4. The van der Waals surface area contributed by atoms with E-state index in [2.05, 4.69) is 15.4 Å². The van der Waals surface area contributed by atoms with E-state index in [0.29, 0.717) is 17.2 Å². The molecule has 0 atom stereocenters. The molecule has 0 amide bonds. The zero-order valence-corrected chi connectivity index (χ0v) is 11.1. The Kier molecular flexibility index (Phi) is 2.34. The van der Waals surface area contributed by atoms with Gasteiger partial charge in [-0.15, -0.1) is 0 Å². The van der Waals surface area contributed by atoms with Crippen LogP contribution < -0.4 is 11.0 Å². The third-order valence-electron chi connectivity index (χ3n) is 3.40. The summed E-state index contributed by atoms with van der Waals surface area (Å²) in [5.41, 5.74) is 1.12. The number of hydrogen-bond acceptors (Lipinski definition) is 4. The first-order valence-corrected chi connectivity index (χ1v) is 6.60. The molecule has 1 aliphatic heterocycles. The largest absolute Gasteiger partial charge is 0.369 e. The summed E-state index contributed by atoms with van der Waals surface area (Å²) in [6, 6.07) is 7.25. The van der Waals surface area contributed by atoms with Gasteiger partial charge in [0.1, 0.15) is 5.82 Å². The van der Waals surface area contributed by atoms with E-state index in [0.717, 1.165) is 23.4 Å². The van der Waals surface area contributed by atoms with E-state index in [1.54, 1.807) is 27.6 Å². The van der Waals surface area contributed by atoms with Crippen LogP contribution in [0.25, 0.3) is 16.7 Å². The molecule has 7 heteroatoms. The number of fused-ring (bicyclic) bond motifs is 3. The average molecular weight is 288 g/mol. The smallest absolute Gasteiger partial charge is 0.351 e. The van der Waals surface area contributed by atoms with Gasteiger partial charge in [0.25, 0.3) is 0 Å². The van der Waals surface area contributed by atoms with Gasteiger partial charge in [-0.1, -0.05) is 11.6 Å². The van der Waals surface area contributed by atoms with E-state index in [1.165, 1.54) is 0 Å². The quantitative estimate of drug-likeness (QED) is 0.739. The highest BCUT2D eigenvalue weighted by Gasteiger charge is 2.19. The van der Waals surface area contributed by atoms with Gasteiger partial charge in [0.2, 0.25) is 0 Å². The number of hydrogen-bond donors (Lipinski definition) is 1. The maximum atomic E-state index is 12.0. The first-order valence-electron chi connectivity index (χ1n) is 6.22. The second kappa shape index (κ2) is 4.08. The Bertz CT molecular complexity index is 865. The number of halogens is 1. The van der Waals surface area contributed by atoms with Crippen molar-refractivity contribution in [3.8, 4) is 5.69 Å². The number of anilines is 1. The molecule has 1 N–H and O–H groups in total. The molecule has 3 aromatic rings. The normalized spacial score (nSPS) is 13.4. The van der Waals surface area contributed by atoms with E-state index in [4.69, 9.17) is 11.6 Å². The molecule has 0 aliphatic carbocycles. The summed E-state index contributed by atoms with van der Waals surface area (Å²) in [6.45, 7) is 1.38. The summed E-state index contributed by atoms with van der Waals surface area (Å²) in [4.78, 5) is 16.2. The van der Waals surface area contributed by atoms with Crippen LogP contribution in [0.4, 0.5) is 5.82 Å². The van der Waals surface area contributed by atoms with Crippen molar-refractivity contribution in [2.24, 2.45) is 0 Å². The summed E-state index contributed by atoms with van der Waals surface area (Å²) in [5, 5.41) is 9.04. The lowest BCUT2D eigenvalue weighted by atomic mass is 10.3. The average Bonchev–Trinajstić information content (AvgIpc) is 3.06. The van der Waals surface area contributed by atoms with Crippen LogP contribution in [0.2, 0.25) is 5.02 Å². The minimum atomic E-state index is -0.256. The minimum absolute atomic E-state index is 0.256. The fraction of sp³-hybridized carbons (Fsp3) is 0.154. The van der Waals surface area contributed by atoms with E-state index in [1.807, 2.05) is 12.1 Å². The lowest BCUT2D eigenvalue weighted by Crippen LogP contribution is -2.21. The first-order chi connectivity index (χ1) is 9.74. The lowest BCUT2D eigenvalue weighted by molar-refractivity contribution is 0.746. The van der Waals surface area contributed by atoms with Crippen LogP contribution in [0.1, 0.15) is 0 Å². The summed E-state index contributed by atoms with van der Waals surface area (Å²) < 4.78 is 3.28. The number of aromatic nitrogens is 4. The summed E-state index contributed by atoms with van der Waals surface area (Å²) in [6.07, 6.45) is 1.72. The van der Waals surface area contributed by atoms with Crippen LogP contribution in [-0.4, -0.2) is 25.9 Å². The van der Waals surface area contributed by atoms with Crippen molar-refractivity contribution in [3.05, 3.63) is 46.0 Å². The van der Waals surface area contributed by atoms with Crippen LogP contribution in [0, 0.1) is 0 Å². The molecule has 0 radical (unpaired) electrons. The van der Waals surface area contributed by atoms with Crippen molar-refractivity contribution in [2.75, 3.05) is 11.9 Å². The molecule has 0 bridgehead atoms. The molecule has 4 rings (SSSR count). The summed E-state index contributed by atoms with van der Waals surface area (Å²) in [7, 11) is 0. The molecule has 0 spiro atoms. The second-order valence-corrected chi connectivity index (χ2v) is 5.03. The molecular formula is C13H10ClN5O. The van der Waals surface area contributed by atoms with Crippen LogP contribution in [0.3, 0.4) is 0 Å². The Morgan fingerprint density at radius 1 is 1.25 bits per heavy atom. The summed E-state index contributed by atoms with van der Waals surface area (Å²) in [5.74, 6) is 0.792. The van der Waals surface area contributed by atoms with Gasteiger partial charge in [0.15, 0.2) is 5.65 Å². The molecule has 2 aromatic heterocycles.